The zero-order valence-corrected chi connectivity index (χ0v) is 10.4. The van der Waals surface area contributed by atoms with Gasteiger partial charge in [-0.3, -0.25) is 14.9 Å². The fourth-order valence-corrected chi connectivity index (χ4v) is 1.79. The maximum absolute atomic E-state index is 12.7. The SMILES string of the molecule is CCO/C=C1\C(=O)NC(=O)c2ccc(C(F)(F)F)cc21. The average molecular weight is 285 g/mol. The fraction of sp³-hybridized carbons (Fsp3) is 0.231. The van der Waals surface area contributed by atoms with Crippen LogP contribution in [0, 0.1) is 0 Å². The van der Waals surface area contributed by atoms with Crippen LogP contribution in [0.1, 0.15) is 28.4 Å². The number of rotatable bonds is 2. The highest BCUT2D eigenvalue weighted by atomic mass is 19.4. The van der Waals surface area contributed by atoms with Crippen molar-refractivity contribution in [2.45, 2.75) is 13.1 Å². The molecule has 1 heterocycles. The van der Waals surface area contributed by atoms with Crippen molar-refractivity contribution in [3.8, 4) is 0 Å². The Bertz CT molecular complexity index is 605. The lowest BCUT2D eigenvalue weighted by Gasteiger charge is -2.19. The molecule has 0 spiro atoms. The summed E-state index contributed by atoms with van der Waals surface area (Å²) in [6, 6.07) is 2.61. The van der Waals surface area contributed by atoms with Crippen molar-refractivity contribution in [3.63, 3.8) is 0 Å². The van der Waals surface area contributed by atoms with Crippen LogP contribution in [0.5, 0.6) is 0 Å². The quantitative estimate of drug-likeness (QED) is 0.515. The minimum absolute atomic E-state index is 0.00329. The van der Waals surface area contributed by atoms with Crippen LogP contribution in [0.4, 0.5) is 13.2 Å². The maximum atomic E-state index is 12.7. The molecule has 4 nitrogen and oxygen atoms in total. The molecule has 0 atom stereocenters. The highest BCUT2D eigenvalue weighted by Gasteiger charge is 2.34. The molecule has 0 unspecified atom stereocenters. The third-order valence-corrected chi connectivity index (χ3v) is 2.72. The largest absolute Gasteiger partial charge is 0.501 e. The van der Waals surface area contributed by atoms with E-state index in [9.17, 15) is 22.8 Å². The molecule has 0 saturated carbocycles. The molecule has 0 fully saturated rings. The standard InChI is InChI=1S/C13H10F3NO3/c1-2-20-6-10-9-5-7(13(14,15)16)3-4-8(9)11(18)17-12(10)19/h3-6H,2H2,1H3,(H,17,18,19)/b10-6-. The maximum Gasteiger partial charge on any atom is 0.416 e. The van der Waals surface area contributed by atoms with Crippen molar-refractivity contribution >= 4 is 17.4 Å². The number of fused-ring (bicyclic) bond motifs is 1. The predicted octanol–water partition coefficient (Wildman–Crippen LogP) is 2.35. The second kappa shape index (κ2) is 4.99. The van der Waals surface area contributed by atoms with Crippen molar-refractivity contribution in [1.82, 2.24) is 5.32 Å². The Hall–Kier alpha value is -2.31. The number of halogens is 3. The molecule has 7 heteroatoms. The van der Waals surface area contributed by atoms with E-state index in [0.717, 1.165) is 24.5 Å². The number of hydrogen-bond donors (Lipinski definition) is 1. The zero-order chi connectivity index (χ0) is 14.9. The molecule has 0 radical (unpaired) electrons. The minimum Gasteiger partial charge on any atom is -0.501 e. The van der Waals surface area contributed by atoms with Crippen LogP contribution in [0.15, 0.2) is 24.5 Å². The summed E-state index contributed by atoms with van der Waals surface area (Å²) in [6.07, 6.45) is -3.50. The second-order valence-electron chi connectivity index (χ2n) is 4.03. The number of carbonyl (C=O) groups is 2. The first-order chi connectivity index (χ1) is 9.34. The van der Waals surface area contributed by atoms with Gasteiger partial charge in [-0.25, -0.2) is 0 Å². The smallest absolute Gasteiger partial charge is 0.416 e. The lowest BCUT2D eigenvalue weighted by Crippen LogP contribution is -2.36. The normalized spacial score (nSPS) is 16.9. The van der Waals surface area contributed by atoms with E-state index < -0.39 is 23.6 Å². The van der Waals surface area contributed by atoms with Crippen molar-refractivity contribution in [1.29, 1.82) is 0 Å². The first-order valence-electron chi connectivity index (χ1n) is 5.73. The van der Waals surface area contributed by atoms with Crippen LogP contribution in [-0.2, 0) is 15.7 Å². The van der Waals surface area contributed by atoms with Crippen LogP contribution < -0.4 is 5.32 Å². The zero-order valence-electron chi connectivity index (χ0n) is 10.4. The molecule has 1 aliphatic heterocycles. The van der Waals surface area contributed by atoms with Crippen molar-refractivity contribution in [2.24, 2.45) is 0 Å². The Morgan fingerprint density at radius 3 is 2.50 bits per heavy atom. The Labute approximate surface area is 112 Å². The summed E-state index contributed by atoms with van der Waals surface area (Å²) in [7, 11) is 0. The average Bonchev–Trinajstić information content (AvgIpc) is 2.37. The van der Waals surface area contributed by atoms with Crippen molar-refractivity contribution in [2.75, 3.05) is 6.61 Å². The van der Waals surface area contributed by atoms with Gasteiger partial charge in [0.15, 0.2) is 0 Å². The number of amides is 2. The third-order valence-electron chi connectivity index (χ3n) is 2.72. The number of imide groups is 1. The predicted molar refractivity (Wildman–Crippen MR) is 63.5 cm³/mol. The summed E-state index contributed by atoms with van der Waals surface area (Å²) >= 11 is 0. The van der Waals surface area contributed by atoms with E-state index in [1.807, 2.05) is 5.32 Å². The summed E-state index contributed by atoms with van der Waals surface area (Å²) < 4.78 is 43.0. The van der Waals surface area contributed by atoms with Gasteiger partial charge in [0.1, 0.15) is 0 Å². The monoisotopic (exact) mass is 285 g/mol. The Balaban J connectivity index is 2.60. The number of hydrogen-bond acceptors (Lipinski definition) is 3. The van der Waals surface area contributed by atoms with Gasteiger partial charge in [-0.15, -0.1) is 0 Å². The van der Waals surface area contributed by atoms with E-state index in [1.54, 1.807) is 6.92 Å². The van der Waals surface area contributed by atoms with Crippen molar-refractivity contribution in [3.05, 3.63) is 41.2 Å². The van der Waals surface area contributed by atoms with Gasteiger partial charge in [0.2, 0.25) is 0 Å². The van der Waals surface area contributed by atoms with Crippen LogP contribution in [-0.4, -0.2) is 18.4 Å². The molecular formula is C13H10F3NO3. The van der Waals surface area contributed by atoms with Gasteiger partial charge in [-0.1, -0.05) is 0 Å². The Kier molecular flexibility index (Phi) is 3.52. The van der Waals surface area contributed by atoms with E-state index in [2.05, 4.69) is 0 Å². The second-order valence-corrected chi connectivity index (χ2v) is 4.03. The Morgan fingerprint density at radius 1 is 1.20 bits per heavy atom. The first-order valence-corrected chi connectivity index (χ1v) is 5.73. The minimum atomic E-state index is -4.55. The molecular weight excluding hydrogens is 275 g/mol. The van der Waals surface area contributed by atoms with E-state index in [-0.39, 0.29) is 23.3 Å². The lowest BCUT2D eigenvalue weighted by atomic mass is 9.93. The molecule has 0 aliphatic carbocycles. The van der Waals surface area contributed by atoms with Crippen LogP contribution in [0.2, 0.25) is 0 Å². The molecule has 0 saturated heterocycles. The van der Waals surface area contributed by atoms with E-state index in [0.29, 0.717) is 0 Å². The van der Waals surface area contributed by atoms with Crippen LogP contribution in [0.25, 0.3) is 5.57 Å². The van der Waals surface area contributed by atoms with Gasteiger partial charge in [-0.05, 0) is 25.1 Å². The van der Waals surface area contributed by atoms with Gasteiger partial charge in [0.25, 0.3) is 11.8 Å². The summed E-state index contributed by atoms with van der Waals surface area (Å²) in [5, 5.41) is 2.05. The lowest BCUT2D eigenvalue weighted by molar-refractivity contribution is -0.137. The molecule has 1 aromatic rings. The summed E-state index contributed by atoms with van der Waals surface area (Å²) in [6.45, 7) is 1.91. The topological polar surface area (TPSA) is 55.4 Å². The Morgan fingerprint density at radius 2 is 1.90 bits per heavy atom. The van der Waals surface area contributed by atoms with E-state index in [4.69, 9.17) is 4.74 Å². The van der Waals surface area contributed by atoms with E-state index in [1.165, 1.54) is 0 Å². The molecule has 1 N–H and O–H groups in total. The molecule has 0 bridgehead atoms. The molecule has 2 amide bonds. The van der Waals surface area contributed by atoms with Crippen LogP contribution >= 0.6 is 0 Å². The van der Waals surface area contributed by atoms with Gasteiger partial charge >= 0.3 is 6.18 Å². The first kappa shape index (κ1) is 14.1. The molecule has 1 aromatic carbocycles. The number of nitrogens with one attached hydrogen (secondary N) is 1. The molecule has 20 heavy (non-hydrogen) atoms. The van der Waals surface area contributed by atoms with Gasteiger partial charge in [0.05, 0.1) is 24.0 Å². The summed E-state index contributed by atoms with van der Waals surface area (Å²) in [5.41, 5.74) is -1.11. The number of benzene rings is 1. The fourth-order valence-electron chi connectivity index (χ4n) is 1.79. The van der Waals surface area contributed by atoms with Gasteiger partial charge in [-0.2, -0.15) is 13.2 Å². The third kappa shape index (κ3) is 2.52. The van der Waals surface area contributed by atoms with Gasteiger partial charge in [0, 0.05) is 11.1 Å². The molecule has 106 valence electrons. The number of alkyl halides is 3. The molecule has 1 aliphatic rings. The van der Waals surface area contributed by atoms with Crippen molar-refractivity contribution < 1.29 is 27.5 Å². The number of ether oxygens (including phenoxy) is 1. The number of carbonyl (C=O) groups excluding carboxylic acids is 2. The summed E-state index contributed by atoms with van der Waals surface area (Å²) in [4.78, 5) is 23.3. The van der Waals surface area contributed by atoms with Crippen LogP contribution in [0.3, 0.4) is 0 Å². The van der Waals surface area contributed by atoms with E-state index >= 15 is 0 Å². The van der Waals surface area contributed by atoms with Gasteiger partial charge < -0.3 is 4.74 Å². The highest BCUT2D eigenvalue weighted by Crippen LogP contribution is 2.33. The molecule has 2 rings (SSSR count). The highest BCUT2D eigenvalue weighted by molar-refractivity contribution is 6.30. The summed E-state index contributed by atoms with van der Waals surface area (Å²) in [5.74, 6) is -1.51. The molecule has 0 aromatic heterocycles.